The number of ketones is 1. The molecule has 0 saturated heterocycles. The summed E-state index contributed by atoms with van der Waals surface area (Å²) in [5.41, 5.74) is 2.61. The minimum absolute atomic E-state index is 0.170. The lowest BCUT2D eigenvalue weighted by atomic mass is 10.1. The van der Waals surface area contributed by atoms with Gasteiger partial charge in [0.1, 0.15) is 5.75 Å². The minimum atomic E-state index is -1.35. The smallest absolute Gasteiger partial charge is 0.347 e. The van der Waals surface area contributed by atoms with Crippen molar-refractivity contribution in [3.63, 3.8) is 0 Å². The van der Waals surface area contributed by atoms with Gasteiger partial charge in [-0.1, -0.05) is 54.1 Å². The molecule has 0 aliphatic heterocycles. The number of ether oxygens (including phenoxy) is 1. The molecule has 4 rings (SSSR count). The summed E-state index contributed by atoms with van der Waals surface area (Å²) in [6, 6.07) is 22.1. The lowest BCUT2D eigenvalue weighted by Crippen LogP contribution is -2.37. The van der Waals surface area contributed by atoms with Gasteiger partial charge in [-0.25, -0.2) is 9.78 Å². The summed E-state index contributed by atoms with van der Waals surface area (Å²) in [5, 5.41) is 9.31. The number of aliphatic carboxylic acids is 1. The molecule has 0 unspecified atom stereocenters. The van der Waals surface area contributed by atoms with Gasteiger partial charge in [0.25, 0.3) is 0 Å². The fourth-order valence-corrected chi connectivity index (χ4v) is 3.37. The van der Waals surface area contributed by atoms with Crippen LogP contribution in [0.4, 0.5) is 0 Å². The maximum Gasteiger partial charge on any atom is 0.347 e. The zero-order valence-corrected chi connectivity index (χ0v) is 18.6. The topological polar surface area (TPSA) is 81.4 Å². The summed E-state index contributed by atoms with van der Waals surface area (Å²) >= 11 is 0. The van der Waals surface area contributed by atoms with Crippen molar-refractivity contribution >= 4 is 35.1 Å². The van der Waals surface area contributed by atoms with E-state index < -0.39 is 11.6 Å². The van der Waals surface area contributed by atoms with Crippen LogP contribution in [0.3, 0.4) is 0 Å². The molecule has 0 spiro atoms. The number of carbonyl (C=O) groups is 2. The zero-order valence-electron chi connectivity index (χ0n) is 18.6. The van der Waals surface area contributed by atoms with Gasteiger partial charge in [-0.05, 0) is 56.7 Å². The Morgan fingerprint density at radius 2 is 1.73 bits per heavy atom. The number of para-hydroxylation sites is 2. The average Bonchev–Trinajstić information content (AvgIpc) is 3.16. The minimum Gasteiger partial charge on any atom is -0.478 e. The van der Waals surface area contributed by atoms with Crippen molar-refractivity contribution in [2.24, 2.45) is 0 Å². The van der Waals surface area contributed by atoms with E-state index in [9.17, 15) is 14.7 Å². The van der Waals surface area contributed by atoms with Crippen LogP contribution in [0.2, 0.25) is 0 Å². The Kier molecular flexibility index (Phi) is 5.84. The monoisotopic (exact) mass is 440 g/mol. The molecule has 0 radical (unpaired) electrons. The molecule has 166 valence electrons. The Bertz CT molecular complexity index is 1360. The van der Waals surface area contributed by atoms with Crippen LogP contribution in [-0.2, 0) is 4.79 Å². The summed E-state index contributed by atoms with van der Waals surface area (Å²) in [6.45, 7) is 4.97. The Morgan fingerprint density at radius 3 is 2.45 bits per heavy atom. The SMILES string of the molecule is Cc1ccc(C(=O)c2nc3ccccc3n2/C=C/c2cccc(OC(C)(C)C(=O)O)c2)cc1. The van der Waals surface area contributed by atoms with Crippen LogP contribution in [0, 0.1) is 6.92 Å². The van der Waals surface area contributed by atoms with E-state index in [0.29, 0.717) is 17.1 Å². The third-order valence-electron chi connectivity index (χ3n) is 5.27. The molecule has 0 bridgehead atoms. The van der Waals surface area contributed by atoms with Crippen LogP contribution < -0.4 is 4.74 Å². The molecular weight excluding hydrogens is 416 g/mol. The number of hydrogen-bond acceptors (Lipinski definition) is 4. The maximum atomic E-state index is 13.2. The van der Waals surface area contributed by atoms with Crippen LogP contribution >= 0.6 is 0 Å². The number of benzene rings is 3. The Labute approximate surface area is 191 Å². The fraction of sp³-hybridized carbons (Fsp3) is 0.148. The van der Waals surface area contributed by atoms with Crippen molar-refractivity contribution in [3.05, 3.63) is 95.3 Å². The fourth-order valence-electron chi connectivity index (χ4n) is 3.37. The predicted molar refractivity (Wildman–Crippen MR) is 128 cm³/mol. The van der Waals surface area contributed by atoms with Crippen molar-refractivity contribution in [1.82, 2.24) is 9.55 Å². The first-order valence-electron chi connectivity index (χ1n) is 10.5. The number of aromatic nitrogens is 2. The number of hydrogen-bond donors (Lipinski definition) is 1. The second-order valence-corrected chi connectivity index (χ2v) is 8.30. The number of rotatable bonds is 7. The van der Waals surface area contributed by atoms with E-state index in [4.69, 9.17) is 4.74 Å². The van der Waals surface area contributed by atoms with Gasteiger partial charge >= 0.3 is 5.97 Å². The molecule has 0 atom stereocenters. The third-order valence-corrected chi connectivity index (χ3v) is 5.27. The molecule has 4 aromatic rings. The van der Waals surface area contributed by atoms with Gasteiger partial charge < -0.3 is 9.84 Å². The molecule has 6 nitrogen and oxygen atoms in total. The predicted octanol–water partition coefficient (Wildman–Crippen LogP) is 5.45. The van der Waals surface area contributed by atoms with Gasteiger partial charge in [0, 0.05) is 11.8 Å². The van der Waals surface area contributed by atoms with E-state index in [-0.39, 0.29) is 5.78 Å². The van der Waals surface area contributed by atoms with Crippen molar-refractivity contribution in [1.29, 1.82) is 0 Å². The first-order chi connectivity index (χ1) is 15.7. The van der Waals surface area contributed by atoms with Crippen LogP contribution in [0.1, 0.15) is 41.2 Å². The van der Waals surface area contributed by atoms with Crippen LogP contribution in [0.15, 0.2) is 72.8 Å². The molecule has 6 heteroatoms. The molecule has 33 heavy (non-hydrogen) atoms. The molecule has 1 heterocycles. The first-order valence-corrected chi connectivity index (χ1v) is 10.5. The Balaban J connectivity index is 1.71. The summed E-state index contributed by atoms with van der Waals surface area (Å²) in [5.74, 6) is -0.463. The number of nitrogens with zero attached hydrogens (tertiary/aromatic N) is 2. The lowest BCUT2D eigenvalue weighted by molar-refractivity contribution is -0.152. The van der Waals surface area contributed by atoms with Gasteiger partial charge in [0.15, 0.2) is 11.4 Å². The molecule has 1 aromatic heterocycles. The van der Waals surface area contributed by atoms with Crippen molar-refractivity contribution in [2.75, 3.05) is 0 Å². The maximum absolute atomic E-state index is 13.2. The highest BCUT2D eigenvalue weighted by Crippen LogP contribution is 2.23. The Morgan fingerprint density at radius 1 is 1.00 bits per heavy atom. The van der Waals surface area contributed by atoms with E-state index in [1.54, 1.807) is 41.1 Å². The molecule has 0 amide bonds. The molecule has 0 saturated carbocycles. The number of fused-ring (bicyclic) bond motifs is 1. The highest BCUT2D eigenvalue weighted by Gasteiger charge is 2.29. The quantitative estimate of drug-likeness (QED) is 0.387. The van der Waals surface area contributed by atoms with Gasteiger partial charge in [0.2, 0.25) is 5.78 Å². The van der Waals surface area contributed by atoms with Crippen molar-refractivity contribution in [2.45, 2.75) is 26.4 Å². The van der Waals surface area contributed by atoms with Gasteiger partial charge in [-0.2, -0.15) is 0 Å². The van der Waals surface area contributed by atoms with E-state index in [2.05, 4.69) is 4.98 Å². The van der Waals surface area contributed by atoms with E-state index >= 15 is 0 Å². The summed E-state index contributed by atoms with van der Waals surface area (Å²) < 4.78 is 7.40. The number of carboxylic acids is 1. The molecule has 1 N–H and O–H groups in total. The number of imidazole rings is 1. The number of aryl methyl sites for hydroxylation is 1. The highest BCUT2D eigenvalue weighted by atomic mass is 16.5. The van der Waals surface area contributed by atoms with Crippen molar-refractivity contribution < 1.29 is 19.4 Å². The molecule has 3 aromatic carbocycles. The van der Waals surface area contributed by atoms with Gasteiger partial charge in [-0.3, -0.25) is 9.36 Å². The van der Waals surface area contributed by atoms with Crippen LogP contribution in [0.5, 0.6) is 5.75 Å². The summed E-state index contributed by atoms with van der Waals surface area (Å²) in [7, 11) is 0. The number of carboxylic acid groups (broad SMARTS) is 1. The summed E-state index contributed by atoms with van der Waals surface area (Å²) in [4.78, 5) is 29.2. The normalized spacial score (nSPS) is 11.7. The lowest BCUT2D eigenvalue weighted by Gasteiger charge is -2.21. The highest BCUT2D eigenvalue weighted by molar-refractivity contribution is 6.09. The zero-order chi connectivity index (χ0) is 23.6. The molecular formula is C27H24N2O4. The van der Waals surface area contributed by atoms with Gasteiger partial charge in [-0.15, -0.1) is 0 Å². The largest absolute Gasteiger partial charge is 0.478 e. The molecule has 0 aliphatic carbocycles. The number of carbonyl (C=O) groups excluding carboxylic acids is 1. The van der Waals surface area contributed by atoms with Gasteiger partial charge in [0.05, 0.1) is 11.0 Å². The van der Waals surface area contributed by atoms with Crippen LogP contribution in [-0.4, -0.2) is 32.0 Å². The summed E-state index contributed by atoms with van der Waals surface area (Å²) in [6.07, 6.45) is 3.62. The Hall–Kier alpha value is -4.19. The van der Waals surface area contributed by atoms with E-state index in [0.717, 1.165) is 22.2 Å². The first kappa shape index (κ1) is 22.0. The van der Waals surface area contributed by atoms with Crippen molar-refractivity contribution in [3.8, 4) is 5.75 Å². The third kappa shape index (κ3) is 4.70. The van der Waals surface area contributed by atoms with E-state index in [1.165, 1.54) is 13.8 Å². The second kappa shape index (κ2) is 8.74. The average molecular weight is 440 g/mol. The second-order valence-electron chi connectivity index (χ2n) is 8.30. The molecule has 0 fully saturated rings. The standard InChI is InChI=1S/C27H24N2O4/c1-18-11-13-20(14-12-18)24(30)25-28-22-9-4-5-10-23(22)29(25)16-15-19-7-6-8-21(17-19)33-27(2,3)26(31)32/h4-17H,1-3H3,(H,31,32)/b16-15+. The molecule has 0 aliphatic rings. The van der Waals surface area contributed by atoms with E-state index in [1.807, 2.05) is 55.5 Å². The van der Waals surface area contributed by atoms with Crippen LogP contribution in [0.25, 0.3) is 23.3 Å².